The van der Waals surface area contributed by atoms with Gasteiger partial charge >= 0.3 is 11.9 Å². The normalized spacial score (nSPS) is 18.6. The van der Waals surface area contributed by atoms with E-state index in [1.54, 1.807) is 48.5 Å². The molecule has 2 aromatic carbocycles. The fourth-order valence-corrected chi connectivity index (χ4v) is 6.13. The van der Waals surface area contributed by atoms with Crippen molar-refractivity contribution in [2.75, 3.05) is 14.2 Å². The SMILES string of the molecule is COc1ccccc1/C=C1\SC(=O)N([C@@H](CC[C@@H](C(=O)O)N2C(=O)S/C(=C\c3ccccc3OC)C2=O)C(=O)O)C1=O. The Labute approximate surface area is 247 Å². The summed E-state index contributed by atoms with van der Waals surface area (Å²) in [4.78, 5) is 77.2. The first-order valence-corrected chi connectivity index (χ1v) is 14.0. The summed E-state index contributed by atoms with van der Waals surface area (Å²) >= 11 is 1.07. The van der Waals surface area contributed by atoms with Gasteiger partial charge in [-0.2, -0.15) is 0 Å². The highest BCUT2D eigenvalue weighted by Crippen LogP contribution is 2.38. The molecule has 2 saturated heterocycles. The van der Waals surface area contributed by atoms with Gasteiger partial charge in [-0.05, 0) is 60.7 Å². The van der Waals surface area contributed by atoms with Crippen LogP contribution in [-0.4, -0.2) is 80.5 Å². The molecule has 0 aromatic heterocycles. The van der Waals surface area contributed by atoms with E-state index in [2.05, 4.69) is 0 Å². The highest BCUT2D eigenvalue weighted by Gasteiger charge is 2.46. The van der Waals surface area contributed by atoms with Crippen LogP contribution < -0.4 is 9.47 Å². The molecule has 2 aliphatic heterocycles. The smallest absolute Gasteiger partial charge is 0.326 e. The molecule has 4 amide bonds. The largest absolute Gasteiger partial charge is 0.496 e. The van der Waals surface area contributed by atoms with Crippen LogP contribution >= 0.6 is 23.5 Å². The Morgan fingerprint density at radius 2 is 1.07 bits per heavy atom. The van der Waals surface area contributed by atoms with Gasteiger partial charge < -0.3 is 19.7 Å². The first kappa shape index (κ1) is 30.4. The zero-order valence-corrected chi connectivity index (χ0v) is 23.8. The van der Waals surface area contributed by atoms with Crippen LogP contribution in [0.3, 0.4) is 0 Å². The molecule has 218 valence electrons. The minimum Gasteiger partial charge on any atom is -0.496 e. The molecule has 2 atom stereocenters. The van der Waals surface area contributed by atoms with Crippen LogP contribution in [0, 0.1) is 0 Å². The molecule has 42 heavy (non-hydrogen) atoms. The standard InChI is InChI=1S/C28H24N2O10S2/c1-39-19-9-5-3-7-15(19)13-21-23(31)29(27(37)41-21)17(25(33)34)11-12-18(26(35)36)30-24(32)22(42-28(30)38)14-16-8-4-6-10-20(16)40-2/h3-10,13-14,17-18H,11-12H2,1-2H3,(H,33,34)(H,35,36)/b21-13-,22-14-/t17-,18-/m0/s1. The van der Waals surface area contributed by atoms with E-state index in [1.165, 1.54) is 26.4 Å². The topological polar surface area (TPSA) is 168 Å². The van der Waals surface area contributed by atoms with Gasteiger partial charge in [-0.1, -0.05) is 36.4 Å². The van der Waals surface area contributed by atoms with Crippen molar-refractivity contribution in [3.8, 4) is 11.5 Å². The number of imide groups is 2. The number of para-hydroxylation sites is 2. The van der Waals surface area contributed by atoms with Crippen LogP contribution in [0.4, 0.5) is 9.59 Å². The number of hydrogen-bond acceptors (Lipinski definition) is 10. The average Bonchev–Trinajstić information content (AvgIpc) is 3.39. The van der Waals surface area contributed by atoms with Crippen molar-refractivity contribution in [3.05, 3.63) is 69.5 Å². The Morgan fingerprint density at radius 3 is 1.40 bits per heavy atom. The number of nitrogens with zero attached hydrogens (tertiary/aromatic N) is 2. The molecule has 0 bridgehead atoms. The number of rotatable bonds is 11. The second-order valence-corrected chi connectivity index (χ2v) is 10.9. The van der Waals surface area contributed by atoms with Crippen molar-refractivity contribution in [1.29, 1.82) is 0 Å². The van der Waals surface area contributed by atoms with Gasteiger partial charge in [-0.3, -0.25) is 29.0 Å². The molecule has 2 aromatic rings. The molecule has 0 aliphatic carbocycles. The third-order valence-electron chi connectivity index (χ3n) is 6.41. The van der Waals surface area contributed by atoms with Crippen molar-refractivity contribution >= 4 is 69.9 Å². The zero-order chi connectivity index (χ0) is 30.6. The van der Waals surface area contributed by atoms with Gasteiger partial charge in [0.2, 0.25) is 0 Å². The number of benzene rings is 2. The van der Waals surface area contributed by atoms with Crippen molar-refractivity contribution in [2.45, 2.75) is 24.9 Å². The van der Waals surface area contributed by atoms with Crippen LogP contribution in [0.25, 0.3) is 12.2 Å². The predicted octanol–water partition coefficient (Wildman–Crippen LogP) is 4.16. The minimum absolute atomic E-state index is 0.0436. The Hall–Kier alpha value is -4.56. The van der Waals surface area contributed by atoms with E-state index in [1.807, 2.05) is 0 Å². The number of methoxy groups -OCH3 is 2. The Kier molecular flexibility index (Phi) is 9.38. The van der Waals surface area contributed by atoms with Gasteiger partial charge in [0.05, 0.1) is 24.0 Å². The van der Waals surface area contributed by atoms with Crippen molar-refractivity contribution in [2.24, 2.45) is 0 Å². The van der Waals surface area contributed by atoms with E-state index in [0.29, 0.717) is 55.9 Å². The molecule has 2 aliphatic rings. The zero-order valence-electron chi connectivity index (χ0n) is 22.2. The number of carbonyl (C=O) groups excluding carboxylic acids is 4. The molecule has 2 fully saturated rings. The molecule has 0 radical (unpaired) electrons. The number of carboxylic acids is 2. The highest BCUT2D eigenvalue weighted by molar-refractivity contribution is 8.18. The third-order valence-corrected chi connectivity index (χ3v) is 8.17. The lowest BCUT2D eigenvalue weighted by Crippen LogP contribution is -2.47. The summed E-state index contributed by atoms with van der Waals surface area (Å²) in [5, 5.41) is 18.1. The van der Waals surface area contributed by atoms with E-state index in [0.717, 1.165) is 0 Å². The Morgan fingerprint density at radius 1 is 0.714 bits per heavy atom. The number of carbonyl (C=O) groups is 6. The van der Waals surface area contributed by atoms with Crippen molar-refractivity contribution in [3.63, 3.8) is 0 Å². The van der Waals surface area contributed by atoms with Crippen LogP contribution in [0.2, 0.25) is 0 Å². The Bertz CT molecular complexity index is 1420. The molecule has 4 rings (SSSR count). The fourth-order valence-electron chi connectivity index (χ4n) is 4.39. The van der Waals surface area contributed by atoms with Crippen LogP contribution in [0.1, 0.15) is 24.0 Å². The van der Waals surface area contributed by atoms with Gasteiger partial charge in [-0.15, -0.1) is 0 Å². The lowest BCUT2D eigenvalue weighted by atomic mass is 10.0. The molecule has 14 heteroatoms. The third kappa shape index (κ3) is 6.19. The van der Waals surface area contributed by atoms with E-state index in [9.17, 15) is 39.0 Å². The molecule has 2 heterocycles. The second kappa shape index (κ2) is 13.0. The number of thioether (sulfide) groups is 2. The second-order valence-electron chi connectivity index (χ2n) is 8.87. The maximum absolute atomic E-state index is 13.1. The summed E-state index contributed by atoms with van der Waals surface area (Å²) in [6.45, 7) is 0. The predicted molar refractivity (Wildman–Crippen MR) is 154 cm³/mol. The van der Waals surface area contributed by atoms with Gasteiger partial charge in [0.1, 0.15) is 23.6 Å². The monoisotopic (exact) mass is 612 g/mol. The fraction of sp³-hybridized carbons (Fsp3) is 0.214. The number of hydrogen-bond donors (Lipinski definition) is 2. The molecule has 0 spiro atoms. The van der Waals surface area contributed by atoms with Crippen molar-refractivity contribution in [1.82, 2.24) is 9.80 Å². The number of aliphatic carboxylic acids is 2. The maximum atomic E-state index is 13.1. The molecule has 0 saturated carbocycles. The highest BCUT2D eigenvalue weighted by atomic mass is 32.2. The quantitative estimate of drug-likeness (QED) is 0.348. The molecular formula is C28H24N2O10S2. The van der Waals surface area contributed by atoms with E-state index in [4.69, 9.17) is 9.47 Å². The maximum Gasteiger partial charge on any atom is 0.326 e. The number of amides is 4. The molecule has 0 unspecified atom stereocenters. The van der Waals surface area contributed by atoms with E-state index < -0.39 is 59.2 Å². The summed E-state index contributed by atoms with van der Waals surface area (Å²) in [6.07, 6.45) is 1.74. The van der Waals surface area contributed by atoms with Crippen LogP contribution in [-0.2, 0) is 19.2 Å². The number of carboxylic acid groups (broad SMARTS) is 2. The molecule has 2 N–H and O–H groups in total. The lowest BCUT2D eigenvalue weighted by Gasteiger charge is -2.25. The van der Waals surface area contributed by atoms with Crippen molar-refractivity contribution < 1.29 is 48.5 Å². The number of ether oxygens (including phenoxy) is 2. The van der Waals surface area contributed by atoms with Gasteiger partial charge in [0.15, 0.2) is 0 Å². The first-order chi connectivity index (χ1) is 20.1. The first-order valence-electron chi connectivity index (χ1n) is 12.3. The summed E-state index contributed by atoms with van der Waals surface area (Å²) in [6, 6.07) is 9.94. The van der Waals surface area contributed by atoms with Gasteiger partial charge in [0, 0.05) is 11.1 Å². The molecular weight excluding hydrogens is 588 g/mol. The summed E-state index contributed by atoms with van der Waals surface area (Å²) in [5.41, 5.74) is 0.979. The van der Waals surface area contributed by atoms with Crippen LogP contribution in [0.15, 0.2) is 58.3 Å². The van der Waals surface area contributed by atoms with E-state index in [-0.39, 0.29) is 9.81 Å². The van der Waals surface area contributed by atoms with Crippen LogP contribution in [0.5, 0.6) is 11.5 Å². The summed E-state index contributed by atoms with van der Waals surface area (Å²) in [7, 11) is 2.87. The minimum atomic E-state index is -1.74. The Balaban J connectivity index is 1.55. The van der Waals surface area contributed by atoms with E-state index >= 15 is 0 Å². The van der Waals surface area contributed by atoms with Gasteiger partial charge in [0.25, 0.3) is 22.3 Å². The molecule has 12 nitrogen and oxygen atoms in total. The summed E-state index contributed by atoms with van der Waals surface area (Å²) in [5.74, 6) is -3.99. The average molecular weight is 613 g/mol. The van der Waals surface area contributed by atoms with Gasteiger partial charge in [-0.25, -0.2) is 9.59 Å². The summed E-state index contributed by atoms with van der Waals surface area (Å²) < 4.78 is 10.5. The lowest BCUT2D eigenvalue weighted by molar-refractivity contribution is -0.148.